The van der Waals surface area contributed by atoms with Gasteiger partial charge in [0.25, 0.3) is 0 Å². The zero-order valence-electron chi connectivity index (χ0n) is 7.06. The third-order valence-electron chi connectivity index (χ3n) is 2.50. The summed E-state index contributed by atoms with van der Waals surface area (Å²) < 4.78 is 0. The maximum absolute atomic E-state index is 11.1. The number of carbonyl (C=O) groups excluding carboxylic acids is 1. The van der Waals surface area contributed by atoms with E-state index in [1.807, 2.05) is 0 Å². The summed E-state index contributed by atoms with van der Waals surface area (Å²) in [5.74, 6) is 0. The largest absolute Gasteiger partial charge is 0.465 e. The van der Waals surface area contributed by atoms with Gasteiger partial charge in [-0.3, -0.25) is 0 Å². The molecule has 0 aromatic heterocycles. The molecule has 0 bridgehead atoms. The first-order valence-corrected chi connectivity index (χ1v) is 4.21. The number of amides is 3. The Morgan fingerprint density at radius 2 is 2.31 bits per heavy atom. The number of carbonyl (C=O) groups is 2. The Kier molecular flexibility index (Phi) is 1.75. The van der Waals surface area contributed by atoms with Crippen LogP contribution in [0.5, 0.6) is 0 Å². The summed E-state index contributed by atoms with van der Waals surface area (Å²) in [5, 5.41) is 11.4. The normalized spacial score (nSPS) is 27.1. The van der Waals surface area contributed by atoms with Gasteiger partial charge in [-0.25, -0.2) is 9.59 Å². The molecule has 0 radical (unpaired) electrons. The van der Waals surface area contributed by atoms with E-state index in [1.54, 1.807) is 4.90 Å². The maximum atomic E-state index is 11.1. The number of hydrogen-bond acceptors (Lipinski definition) is 2. The lowest BCUT2D eigenvalue weighted by Crippen LogP contribution is -2.53. The Bertz CT molecular complexity index is 255. The maximum Gasteiger partial charge on any atom is 0.407 e. The highest BCUT2D eigenvalue weighted by Crippen LogP contribution is 2.13. The molecule has 0 spiro atoms. The fraction of sp³-hybridized carbons (Fsp3) is 0.714. The van der Waals surface area contributed by atoms with Crippen LogP contribution < -0.4 is 5.32 Å². The fourth-order valence-electron chi connectivity index (χ4n) is 1.78. The molecule has 0 saturated carbocycles. The van der Waals surface area contributed by atoms with Crippen molar-refractivity contribution in [3.63, 3.8) is 0 Å². The molecular weight excluding hydrogens is 174 g/mol. The van der Waals surface area contributed by atoms with Crippen molar-refractivity contribution < 1.29 is 14.7 Å². The van der Waals surface area contributed by atoms with Crippen LogP contribution in [0.2, 0.25) is 0 Å². The summed E-state index contributed by atoms with van der Waals surface area (Å²) in [6, 6.07) is -0.0487. The van der Waals surface area contributed by atoms with Crippen molar-refractivity contribution >= 4 is 12.1 Å². The highest BCUT2D eigenvalue weighted by atomic mass is 16.4. The van der Waals surface area contributed by atoms with Gasteiger partial charge in [-0.2, -0.15) is 0 Å². The van der Waals surface area contributed by atoms with Crippen LogP contribution in [0.25, 0.3) is 0 Å². The van der Waals surface area contributed by atoms with Crippen LogP contribution >= 0.6 is 0 Å². The minimum absolute atomic E-state index is 0.0253. The van der Waals surface area contributed by atoms with Gasteiger partial charge in [0, 0.05) is 26.2 Å². The molecule has 0 aliphatic carbocycles. The van der Waals surface area contributed by atoms with E-state index < -0.39 is 6.09 Å². The monoisotopic (exact) mass is 185 g/mol. The Labute approximate surface area is 75.1 Å². The molecule has 2 fully saturated rings. The van der Waals surface area contributed by atoms with Crippen molar-refractivity contribution in [2.45, 2.75) is 6.04 Å². The molecule has 0 aromatic rings. The van der Waals surface area contributed by atoms with E-state index in [0.717, 1.165) is 0 Å². The molecule has 0 unspecified atom stereocenters. The molecule has 3 amide bonds. The minimum Gasteiger partial charge on any atom is -0.465 e. The third-order valence-corrected chi connectivity index (χ3v) is 2.50. The standard InChI is InChI=1S/C7H11N3O3/c11-6-8-3-5-4-9(7(12)13)1-2-10(5)6/h5H,1-4H2,(H,8,11)(H,12,13)/t5-/m0/s1. The van der Waals surface area contributed by atoms with Crippen molar-refractivity contribution in [1.82, 2.24) is 15.1 Å². The van der Waals surface area contributed by atoms with Gasteiger partial charge >= 0.3 is 12.1 Å². The van der Waals surface area contributed by atoms with Gasteiger partial charge in [0.2, 0.25) is 0 Å². The Balaban J connectivity index is 2.03. The van der Waals surface area contributed by atoms with E-state index in [2.05, 4.69) is 5.32 Å². The molecule has 2 aliphatic heterocycles. The van der Waals surface area contributed by atoms with Gasteiger partial charge in [-0.05, 0) is 0 Å². The van der Waals surface area contributed by atoms with Crippen LogP contribution in [0.15, 0.2) is 0 Å². The van der Waals surface area contributed by atoms with Crippen molar-refractivity contribution in [3.8, 4) is 0 Å². The Hall–Kier alpha value is -1.46. The molecule has 13 heavy (non-hydrogen) atoms. The fourth-order valence-corrected chi connectivity index (χ4v) is 1.78. The lowest BCUT2D eigenvalue weighted by molar-refractivity contribution is 0.0997. The van der Waals surface area contributed by atoms with Crippen LogP contribution in [0.1, 0.15) is 0 Å². The van der Waals surface area contributed by atoms with E-state index in [-0.39, 0.29) is 12.1 Å². The Morgan fingerprint density at radius 3 is 3.00 bits per heavy atom. The first kappa shape index (κ1) is 8.15. The lowest BCUT2D eigenvalue weighted by Gasteiger charge is -2.34. The van der Waals surface area contributed by atoms with Crippen LogP contribution in [0, 0.1) is 0 Å². The second-order valence-corrected chi connectivity index (χ2v) is 3.26. The second-order valence-electron chi connectivity index (χ2n) is 3.26. The molecular formula is C7H11N3O3. The van der Waals surface area contributed by atoms with Gasteiger partial charge in [0.05, 0.1) is 6.04 Å². The van der Waals surface area contributed by atoms with Crippen molar-refractivity contribution in [3.05, 3.63) is 0 Å². The average molecular weight is 185 g/mol. The van der Waals surface area contributed by atoms with Crippen molar-refractivity contribution in [2.75, 3.05) is 26.2 Å². The zero-order chi connectivity index (χ0) is 9.42. The summed E-state index contributed by atoms with van der Waals surface area (Å²) in [5.41, 5.74) is 0. The highest BCUT2D eigenvalue weighted by Gasteiger charge is 2.36. The number of rotatable bonds is 0. The molecule has 2 saturated heterocycles. The van der Waals surface area contributed by atoms with Crippen LogP contribution in [0.3, 0.4) is 0 Å². The summed E-state index contributed by atoms with van der Waals surface area (Å²) >= 11 is 0. The molecule has 2 aliphatic rings. The highest BCUT2D eigenvalue weighted by molar-refractivity contribution is 5.77. The van der Waals surface area contributed by atoms with E-state index in [9.17, 15) is 9.59 Å². The summed E-state index contributed by atoms with van der Waals surface area (Å²) in [7, 11) is 0. The number of nitrogens with one attached hydrogen (secondary N) is 1. The van der Waals surface area contributed by atoms with Crippen LogP contribution in [-0.4, -0.2) is 59.3 Å². The minimum atomic E-state index is -0.904. The summed E-state index contributed by atoms with van der Waals surface area (Å²) in [6.07, 6.45) is -0.904. The third kappa shape index (κ3) is 1.28. The molecule has 2 rings (SSSR count). The first-order valence-electron chi connectivity index (χ1n) is 4.21. The van der Waals surface area contributed by atoms with E-state index in [1.165, 1.54) is 4.90 Å². The first-order chi connectivity index (χ1) is 6.18. The van der Waals surface area contributed by atoms with Gasteiger partial charge in [0.1, 0.15) is 0 Å². The predicted molar refractivity (Wildman–Crippen MR) is 43.5 cm³/mol. The molecule has 72 valence electrons. The second kappa shape index (κ2) is 2.79. The summed E-state index contributed by atoms with van der Waals surface area (Å²) in [4.78, 5) is 24.8. The topological polar surface area (TPSA) is 72.9 Å². The van der Waals surface area contributed by atoms with Crippen LogP contribution in [0.4, 0.5) is 9.59 Å². The smallest absolute Gasteiger partial charge is 0.407 e. The number of piperazine rings is 1. The molecule has 6 nitrogen and oxygen atoms in total. The SMILES string of the molecule is O=C(O)N1CCN2C(=O)NC[C@H]2C1. The summed E-state index contributed by atoms with van der Waals surface area (Å²) in [6.45, 7) is 1.90. The number of carboxylic acid groups (broad SMARTS) is 1. The number of fused-ring (bicyclic) bond motifs is 1. The number of urea groups is 1. The zero-order valence-corrected chi connectivity index (χ0v) is 7.06. The number of hydrogen-bond donors (Lipinski definition) is 2. The van der Waals surface area contributed by atoms with E-state index in [4.69, 9.17) is 5.11 Å². The molecule has 1 atom stereocenters. The van der Waals surface area contributed by atoms with Crippen molar-refractivity contribution in [2.24, 2.45) is 0 Å². The molecule has 6 heteroatoms. The van der Waals surface area contributed by atoms with Crippen LogP contribution in [-0.2, 0) is 0 Å². The lowest BCUT2D eigenvalue weighted by atomic mass is 10.2. The number of nitrogens with zero attached hydrogens (tertiary/aromatic N) is 2. The quantitative estimate of drug-likeness (QED) is 0.528. The van der Waals surface area contributed by atoms with Gasteiger partial charge < -0.3 is 20.2 Å². The van der Waals surface area contributed by atoms with Gasteiger partial charge in [0.15, 0.2) is 0 Å². The van der Waals surface area contributed by atoms with E-state index in [0.29, 0.717) is 26.2 Å². The molecule has 0 aromatic carbocycles. The Morgan fingerprint density at radius 1 is 1.54 bits per heavy atom. The van der Waals surface area contributed by atoms with Gasteiger partial charge in [-0.15, -0.1) is 0 Å². The molecule has 2 N–H and O–H groups in total. The van der Waals surface area contributed by atoms with Gasteiger partial charge in [-0.1, -0.05) is 0 Å². The molecule has 2 heterocycles. The predicted octanol–water partition coefficient (Wildman–Crippen LogP) is -0.626. The van der Waals surface area contributed by atoms with Crippen molar-refractivity contribution in [1.29, 1.82) is 0 Å². The van der Waals surface area contributed by atoms with E-state index >= 15 is 0 Å². The average Bonchev–Trinajstić information content (AvgIpc) is 2.47.